The molecule has 7 nitrogen and oxygen atoms in total. The second-order valence-electron chi connectivity index (χ2n) is 7.64. The highest BCUT2D eigenvalue weighted by Gasteiger charge is 2.15. The number of hydrogen-bond acceptors (Lipinski definition) is 4. The molecule has 0 spiro atoms. The van der Waals surface area contributed by atoms with Crippen molar-refractivity contribution in [3.05, 3.63) is 107 Å². The molecule has 0 aliphatic carbocycles. The third-order valence-corrected chi connectivity index (χ3v) is 5.48. The average Bonchev–Trinajstić information content (AvgIpc) is 3.11. The number of nitrogens with zero attached hydrogens (tertiary/aromatic N) is 4. The van der Waals surface area contributed by atoms with Crippen LogP contribution < -0.4 is 11.0 Å². The van der Waals surface area contributed by atoms with Crippen molar-refractivity contribution in [3.8, 4) is 0 Å². The zero-order valence-electron chi connectivity index (χ0n) is 17.6. The number of imidazole rings is 1. The third kappa shape index (κ3) is 4.10. The number of carbonyl (C=O) groups excluding carboxylic acids is 1. The van der Waals surface area contributed by atoms with Gasteiger partial charge in [0.25, 0.3) is 5.91 Å². The van der Waals surface area contributed by atoms with E-state index < -0.39 is 0 Å². The summed E-state index contributed by atoms with van der Waals surface area (Å²) in [4.78, 5) is 34.5. The van der Waals surface area contributed by atoms with Crippen molar-refractivity contribution in [1.29, 1.82) is 0 Å². The van der Waals surface area contributed by atoms with Gasteiger partial charge in [-0.2, -0.15) is 0 Å². The molecule has 3 heterocycles. The fraction of sp³-hybridized carbons (Fsp3) is 0.120. The first-order chi connectivity index (χ1) is 16.1. The van der Waals surface area contributed by atoms with E-state index in [1.165, 1.54) is 16.7 Å². The predicted octanol–water partition coefficient (Wildman–Crippen LogP) is 3.36. The number of amides is 1. The topological polar surface area (TPSA) is 81.8 Å². The summed E-state index contributed by atoms with van der Waals surface area (Å²) in [5.74, 6) is -0.636. The van der Waals surface area contributed by atoms with Crippen LogP contribution in [0.4, 0.5) is 4.39 Å². The fourth-order valence-corrected chi connectivity index (χ4v) is 3.84. The number of para-hydroxylation sites is 1. The summed E-state index contributed by atoms with van der Waals surface area (Å²) in [7, 11) is 0. The molecular formula is C25H20FN5O2. The summed E-state index contributed by atoms with van der Waals surface area (Å²) in [6, 6.07) is 20.7. The number of aromatic nitrogens is 4. The van der Waals surface area contributed by atoms with Gasteiger partial charge in [0.15, 0.2) is 5.65 Å². The Morgan fingerprint density at radius 2 is 1.76 bits per heavy atom. The summed E-state index contributed by atoms with van der Waals surface area (Å²) in [5, 5.41) is 3.79. The van der Waals surface area contributed by atoms with Crippen molar-refractivity contribution in [2.75, 3.05) is 6.54 Å². The largest absolute Gasteiger partial charge is 0.349 e. The number of hydrogen-bond donors (Lipinski definition) is 1. The number of rotatable bonds is 6. The van der Waals surface area contributed by atoms with Crippen LogP contribution in [0.1, 0.15) is 16.1 Å². The van der Waals surface area contributed by atoms with Crippen LogP contribution >= 0.6 is 0 Å². The van der Waals surface area contributed by atoms with Gasteiger partial charge in [0.1, 0.15) is 11.5 Å². The van der Waals surface area contributed by atoms with Crippen LogP contribution in [-0.4, -0.2) is 31.6 Å². The maximum Gasteiger partial charge on any atom is 0.330 e. The molecule has 164 valence electrons. The van der Waals surface area contributed by atoms with Crippen molar-refractivity contribution >= 4 is 28.0 Å². The highest BCUT2D eigenvalue weighted by atomic mass is 19.1. The maximum absolute atomic E-state index is 13.2. The van der Waals surface area contributed by atoms with E-state index in [2.05, 4.69) is 15.3 Å². The molecule has 5 rings (SSSR count). The van der Waals surface area contributed by atoms with E-state index in [0.717, 1.165) is 16.5 Å². The smallest absolute Gasteiger partial charge is 0.330 e. The van der Waals surface area contributed by atoms with E-state index in [1.54, 1.807) is 35.0 Å². The van der Waals surface area contributed by atoms with E-state index in [4.69, 9.17) is 0 Å². The monoisotopic (exact) mass is 441 g/mol. The molecule has 0 atom stereocenters. The molecule has 8 heteroatoms. The van der Waals surface area contributed by atoms with Gasteiger partial charge < -0.3 is 5.32 Å². The molecule has 1 amide bonds. The lowest BCUT2D eigenvalue weighted by molar-refractivity contribution is 0.0947. The minimum atomic E-state index is -0.327. The molecule has 2 aromatic carbocycles. The van der Waals surface area contributed by atoms with Gasteiger partial charge in [0.2, 0.25) is 0 Å². The minimum Gasteiger partial charge on any atom is -0.349 e. The molecule has 0 radical (unpaired) electrons. The number of halogens is 1. The summed E-state index contributed by atoms with van der Waals surface area (Å²) >= 11 is 0. The molecule has 0 saturated carbocycles. The van der Waals surface area contributed by atoms with E-state index in [0.29, 0.717) is 23.4 Å². The highest BCUT2D eigenvalue weighted by Crippen LogP contribution is 2.14. The molecule has 0 fully saturated rings. The zero-order valence-corrected chi connectivity index (χ0v) is 17.6. The third-order valence-electron chi connectivity index (χ3n) is 5.48. The Labute approximate surface area is 188 Å². The molecule has 33 heavy (non-hydrogen) atoms. The van der Waals surface area contributed by atoms with Gasteiger partial charge in [-0.15, -0.1) is 0 Å². The number of nitrogens with one attached hydrogen (secondary N) is 1. The number of carbonyl (C=O) groups is 1. The van der Waals surface area contributed by atoms with E-state index >= 15 is 0 Å². The van der Waals surface area contributed by atoms with Gasteiger partial charge in [-0.25, -0.2) is 19.2 Å². The lowest BCUT2D eigenvalue weighted by Crippen LogP contribution is -2.32. The fourth-order valence-electron chi connectivity index (χ4n) is 3.84. The molecule has 0 aliphatic rings. The minimum absolute atomic E-state index is 0.236. The van der Waals surface area contributed by atoms with Crippen molar-refractivity contribution in [2.45, 2.75) is 13.1 Å². The Hall–Kier alpha value is -4.33. The maximum atomic E-state index is 13.2. The van der Waals surface area contributed by atoms with Crippen LogP contribution in [0.25, 0.3) is 22.1 Å². The highest BCUT2D eigenvalue weighted by molar-refractivity contribution is 5.94. The van der Waals surface area contributed by atoms with Gasteiger partial charge in [0.05, 0.1) is 17.6 Å². The molecule has 0 aliphatic heterocycles. The second kappa shape index (κ2) is 8.66. The van der Waals surface area contributed by atoms with Gasteiger partial charge >= 0.3 is 5.69 Å². The summed E-state index contributed by atoms with van der Waals surface area (Å²) in [6.07, 6.45) is 1.62. The van der Waals surface area contributed by atoms with Crippen molar-refractivity contribution in [1.82, 2.24) is 24.4 Å². The Kier molecular flexibility index (Phi) is 5.40. The van der Waals surface area contributed by atoms with Crippen molar-refractivity contribution in [2.24, 2.45) is 0 Å². The van der Waals surface area contributed by atoms with Crippen LogP contribution in [0.3, 0.4) is 0 Å². The molecule has 1 N–H and O–H groups in total. The molecule has 3 aromatic heterocycles. The SMILES string of the molecule is O=C(NCCn1c(=O)n(Cc2ccc(F)cc2)c2cccnc21)c1ccc2ccccc2n1. The van der Waals surface area contributed by atoms with Gasteiger partial charge in [-0.1, -0.05) is 36.4 Å². The molecule has 0 unspecified atom stereocenters. The normalized spacial score (nSPS) is 11.2. The lowest BCUT2D eigenvalue weighted by Gasteiger charge is -2.07. The van der Waals surface area contributed by atoms with E-state index in [1.807, 2.05) is 36.4 Å². The predicted molar refractivity (Wildman–Crippen MR) is 124 cm³/mol. The van der Waals surface area contributed by atoms with Crippen molar-refractivity contribution < 1.29 is 9.18 Å². The van der Waals surface area contributed by atoms with Crippen LogP contribution in [-0.2, 0) is 13.1 Å². The molecule has 0 saturated heterocycles. The van der Waals surface area contributed by atoms with Crippen molar-refractivity contribution in [3.63, 3.8) is 0 Å². The Balaban J connectivity index is 1.35. The number of benzene rings is 2. The van der Waals surface area contributed by atoms with Crippen LogP contribution in [0.5, 0.6) is 0 Å². The van der Waals surface area contributed by atoms with Crippen LogP contribution in [0, 0.1) is 5.82 Å². The van der Waals surface area contributed by atoms with Crippen LogP contribution in [0.2, 0.25) is 0 Å². The molecule has 0 bridgehead atoms. The Morgan fingerprint density at radius 1 is 0.939 bits per heavy atom. The Bertz CT molecular complexity index is 1520. The van der Waals surface area contributed by atoms with Gasteiger partial charge in [-0.05, 0) is 42.0 Å². The van der Waals surface area contributed by atoms with Gasteiger partial charge in [-0.3, -0.25) is 13.9 Å². The first-order valence-electron chi connectivity index (χ1n) is 10.5. The average molecular weight is 441 g/mol. The lowest BCUT2D eigenvalue weighted by atomic mass is 10.2. The number of fused-ring (bicyclic) bond motifs is 2. The Morgan fingerprint density at radius 3 is 2.61 bits per heavy atom. The molecule has 5 aromatic rings. The zero-order chi connectivity index (χ0) is 22.8. The summed E-state index contributed by atoms with van der Waals surface area (Å²) in [5.41, 5.74) is 2.83. The standard InChI is InChI=1S/C25H20FN5O2/c26-19-10-7-17(8-11-19)16-31-22-6-3-13-27-23(22)30(25(31)33)15-14-28-24(32)21-12-9-18-4-1-2-5-20(18)29-21/h1-13H,14-16H2,(H,28,32). The van der Waals surface area contributed by atoms with E-state index in [-0.39, 0.29) is 30.5 Å². The second-order valence-corrected chi connectivity index (χ2v) is 7.64. The molecular weight excluding hydrogens is 421 g/mol. The first-order valence-corrected chi connectivity index (χ1v) is 10.5. The summed E-state index contributed by atoms with van der Waals surface area (Å²) in [6.45, 7) is 0.781. The summed E-state index contributed by atoms with van der Waals surface area (Å²) < 4.78 is 16.4. The first kappa shape index (κ1) is 20.6. The quantitative estimate of drug-likeness (QED) is 0.438. The van der Waals surface area contributed by atoms with E-state index in [9.17, 15) is 14.0 Å². The van der Waals surface area contributed by atoms with Gasteiger partial charge in [0, 0.05) is 24.7 Å². The van der Waals surface area contributed by atoms with Crippen LogP contribution in [0.15, 0.2) is 83.8 Å². The number of pyridine rings is 2.